The summed E-state index contributed by atoms with van der Waals surface area (Å²) in [6.45, 7) is 0. The fourth-order valence-corrected chi connectivity index (χ4v) is 3.66. The molecule has 2 saturated heterocycles. The molecule has 0 saturated carbocycles. The minimum absolute atomic E-state index is 0.00602. The Morgan fingerprint density at radius 2 is 2.17 bits per heavy atom. The summed E-state index contributed by atoms with van der Waals surface area (Å²) in [6, 6.07) is 5.68. The molecule has 3 N–H and O–H groups in total. The highest BCUT2D eigenvalue weighted by molar-refractivity contribution is 6.42. The van der Waals surface area contributed by atoms with Crippen LogP contribution < -0.4 is 11.3 Å². The second-order valence-corrected chi connectivity index (χ2v) is 5.85. The summed E-state index contributed by atoms with van der Waals surface area (Å²) in [5, 5.41) is 1.16. The van der Waals surface area contributed by atoms with E-state index in [0.717, 1.165) is 18.4 Å². The quantitative estimate of drug-likeness (QED) is 0.663. The number of nitrogens with one attached hydrogen (secondary N) is 1. The zero-order chi connectivity index (χ0) is 12.7. The number of nitrogens with two attached hydrogens (primary N) is 1. The zero-order valence-electron chi connectivity index (χ0n) is 9.90. The van der Waals surface area contributed by atoms with Gasteiger partial charge in [-0.1, -0.05) is 35.3 Å². The minimum atomic E-state index is 0.00602. The van der Waals surface area contributed by atoms with Crippen LogP contribution in [-0.2, 0) is 4.74 Å². The van der Waals surface area contributed by atoms with Crippen LogP contribution in [0.4, 0.5) is 0 Å². The van der Waals surface area contributed by atoms with Gasteiger partial charge in [-0.15, -0.1) is 0 Å². The molecule has 2 fully saturated rings. The molecule has 2 aliphatic rings. The van der Waals surface area contributed by atoms with Crippen LogP contribution in [0.2, 0.25) is 10.0 Å². The van der Waals surface area contributed by atoms with Crippen LogP contribution >= 0.6 is 23.2 Å². The molecule has 3 rings (SSSR count). The van der Waals surface area contributed by atoms with Gasteiger partial charge in [0.1, 0.15) is 0 Å². The van der Waals surface area contributed by atoms with E-state index in [9.17, 15) is 0 Å². The summed E-state index contributed by atoms with van der Waals surface area (Å²) < 4.78 is 5.89. The smallest absolute Gasteiger partial charge is 0.0640 e. The lowest BCUT2D eigenvalue weighted by molar-refractivity contribution is 0.0857. The standard InChI is InChI=1S/C13H16Cl2N2O/c14-10-3-1-2-8(12(10)15)13(17-16)9-6-7-4-5-11(9)18-7/h1-3,7,9,11,13,17H,4-6,16H2. The molecule has 98 valence electrons. The van der Waals surface area contributed by atoms with Crippen molar-refractivity contribution in [3.8, 4) is 0 Å². The van der Waals surface area contributed by atoms with Gasteiger partial charge in [-0.05, 0) is 30.9 Å². The van der Waals surface area contributed by atoms with Gasteiger partial charge in [0.2, 0.25) is 0 Å². The number of hydrazine groups is 1. The summed E-state index contributed by atoms with van der Waals surface area (Å²) in [5.41, 5.74) is 3.86. The molecule has 18 heavy (non-hydrogen) atoms. The summed E-state index contributed by atoms with van der Waals surface area (Å²) in [4.78, 5) is 0. The molecule has 0 radical (unpaired) electrons. The molecule has 2 aliphatic heterocycles. The molecule has 0 aromatic heterocycles. The van der Waals surface area contributed by atoms with E-state index in [4.69, 9.17) is 33.8 Å². The van der Waals surface area contributed by atoms with Gasteiger partial charge in [-0.25, -0.2) is 0 Å². The van der Waals surface area contributed by atoms with E-state index in [2.05, 4.69) is 5.43 Å². The Morgan fingerprint density at radius 3 is 2.78 bits per heavy atom. The summed E-state index contributed by atoms with van der Waals surface area (Å²) in [6.07, 6.45) is 4.02. The third kappa shape index (κ3) is 2.04. The van der Waals surface area contributed by atoms with Crippen LogP contribution in [0.3, 0.4) is 0 Å². The van der Waals surface area contributed by atoms with Crippen molar-refractivity contribution in [3.63, 3.8) is 0 Å². The number of rotatable bonds is 3. The van der Waals surface area contributed by atoms with E-state index < -0.39 is 0 Å². The fourth-order valence-electron chi connectivity index (χ4n) is 3.23. The van der Waals surface area contributed by atoms with Crippen molar-refractivity contribution in [2.24, 2.45) is 11.8 Å². The predicted molar refractivity (Wildman–Crippen MR) is 72.5 cm³/mol. The molecule has 0 aliphatic carbocycles. The highest BCUT2D eigenvalue weighted by Gasteiger charge is 2.44. The minimum Gasteiger partial charge on any atom is -0.375 e. The molecule has 2 bridgehead atoms. The van der Waals surface area contributed by atoms with Crippen molar-refractivity contribution in [3.05, 3.63) is 33.8 Å². The van der Waals surface area contributed by atoms with Gasteiger partial charge >= 0.3 is 0 Å². The molecular formula is C13H16Cl2N2O. The molecule has 4 unspecified atom stereocenters. The number of ether oxygens (including phenoxy) is 1. The van der Waals surface area contributed by atoms with E-state index in [0.29, 0.717) is 28.2 Å². The monoisotopic (exact) mass is 286 g/mol. The molecular weight excluding hydrogens is 271 g/mol. The Bertz CT molecular complexity index is 455. The maximum atomic E-state index is 6.28. The van der Waals surface area contributed by atoms with Crippen LogP contribution in [0.15, 0.2) is 18.2 Å². The first kappa shape index (κ1) is 12.7. The average molecular weight is 287 g/mol. The molecule has 4 atom stereocenters. The van der Waals surface area contributed by atoms with Crippen LogP contribution in [0.1, 0.15) is 30.9 Å². The number of fused-ring (bicyclic) bond motifs is 2. The highest BCUT2D eigenvalue weighted by Crippen LogP contribution is 2.46. The first-order valence-corrected chi connectivity index (χ1v) is 7.02. The van der Waals surface area contributed by atoms with E-state index >= 15 is 0 Å². The molecule has 1 aromatic carbocycles. The Kier molecular flexibility index (Phi) is 3.52. The summed E-state index contributed by atoms with van der Waals surface area (Å²) in [7, 11) is 0. The topological polar surface area (TPSA) is 47.3 Å². The second kappa shape index (κ2) is 4.99. The number of hydrogen-bond acceptors (Lipinski definition) is 3. The lowest BCUT2D eigenvalue weighted by atomic mass is 9.81. The van der Waals surface area contributed by atoms with Crippen LogP contribution in [0, 0.1) is 5.92 Å². The van der Waals surface area contributed by atoms with Gasteiger partial charge in [0.25, 0.3) is 0 Å². The van der Waals surface area contributed by atoms with Gasteiger partial charge in [0.15, 0.2) is 0 Å². The number of benzene rings is 1. The zero-order valence-corrected chi connectivity index (χ0v) is 11.4. The molecule has 0 spiro atoms. The van der Waals surface area contributed by atoms with Gasteiger partial charge in [-0.3, -0.25) is 11.3 Å². The molecule has 3 nitrogen and oxygen atoms in total. The summed E-state index contributed by atoms with van der Waals surface area (Å²) in [5.74, 6) is 6.11. The normalized spacial score (nSPS) is 31.8. The molecule has 2 heterocycles. The third-order valence-electron chi connectivity index (χ3n) is 4.08. The first-order chi connectivity index (χ1) is 8.70. The molecule has 5 heteroatoms. The SMILES string of the molecule is NNC(c1cccc(Cl)c1Cl)C1CC2CCC1O2. The lowest BCUT2D eigenvalue weighted by Gasteiger charge is -2.29. The van der Waals surface area contributed by atoms with Crippen molar-refractivity contribution < 1.29 is 4.74 Å². The largest absolute Gasteiger partial charge is 0.375 e. The van der Waals surface area contributed by atoms with Crippen molar-refractivity contribution in [1.29, 1.82) is 0 Å². The maximum Gasteiger partial charge on any atom is 0.0640 e. The van der Waals surface area contributed by atoms with Crippen LogP contribution in [-0.4, -0.2) is 12.2 Å². The Hall–Kier alpha value is -0.320. The third-order valence-corrected chi connectivity index (χ3v) is 4.91. The van der Waals surface area contributed by atoms with Crippen LogP contribution in [0.5, 0.6) is 0 Å². The van der Waals surface area contributed by atoms with Gasteiger partial charge in [-0.2, -0.15) is 0 Å². The molecule has 1 aromatic rings. The van der Waals surface area contributed by atoms with Crippen molar-refractivity contribution >= 4 is 23.2 Å². The highest BCUT2D eigenvalue weighted by atomic mass is 35.5. The second-order valence-electron chi connectivity index (χ2n) is 5.06. The van der Waals surface area contributed by atoms with E-state index in [1.807, 2.05) is 12.1 Å². The van der Waals surface area contributed by atoms with E-state index in [1.165, 1.54) is 6.42 Å². The maximum absolute atomic E-state index is 6.28. The lowest BCUT2D eigenvalue weighted by Crippen LogP contribution is -2.37. The van der Waals surface area contributed by atoms with E-state index in [-0.39, 0.29) is 6.04 Å². The number of halogens is 2. The van der Waals surface area contributed by atoms with Gasteiger partial charge in [0, 0.05) is 5.92 Å². The number of hydrogen-bond donors (Lipinski definition) is 2. The summed E-state index contributed by atoms with van der Waals surface area (Å²) >= 11 is 12.3. The van der Waals surface area contributed by atoms with E-state index in [1.54, 1.807) is 6.07 Å². The molecule has 0 amide bonds. The Balaban J connectivity index is 1.90. The fraction of sp³-hybridized carbons (Fsp3) is 0.538. The van der Waals surface area contributed by atoms with Crippen molar-refractivity contribution in [2.75, 3.05) is 0 Å². The van der Waals surface area contributed by atoms with Gasteiger partial charge in [0.05, 0.1) is 28.3 Å². The van der Waals surface area contributed by atoms with Crippen molar-refractivity contribution in [2.45, 2.75) is 37.5 Å². The predicted octanol–water partition coefficient (Wildman–Crippen LogP) is 3.07. The van der Waals surface area contributed by atoms with Crippen LogP contribution in [0.25, 0.3) is 0 Å². The average Bonchev–Trinajstić information content (AvgIpc) is 2.98. The Labute approximate surface area is 117 Å². The van der Waals surface area contributed by atoms with Crippen molar-refractivity contribution in [1.82, 2.24) is 5.43 Å². The Morgan fingerprint density at radius 1 is 1.33 bits per heavy atom. The first-order valence-electron chi connectivity index (χ1n) is 6.26. The van der Waals surface area contributed by atoms with Gasteiger partial charge < -0.3 is 4.74 Å².